The summed E-state index contributed by atoms with van der Waals surface area (Å²) in [4.78, 5) is 6.98. The molecular weight excluding hydrogens is 213 g/mol. The van der Waals surface area contributed by atoms with Gasteiger partial charge in [-0.3, -0.25) is 4.98 Å². The van der Waals surface area contributed by atoms with Gasteiger partial charge in [0.25, 0.3) is 0 Å². The minimum absolute atomic E-state index is 0.00752. The van der Waals surface area contributed by atoms with E-state index in [1.54, 1.807) is 0 Å². The number of thiol groups is 1. The Morgan fingerprint density at radius 2 is 2.00 bits per heavy atom. The summed E-state index contributed by atoms with van der Waals surface area (Å²) in [5, 5.41) is 0. The molecular formula is C8H9F3N2S. The van der Waals surface area contributed by atoms with Gasteiger partial charge in [0.1, 0.15) is 0 Å². The van der Waals surface area contributed by atoms with E-state index in [-0.39, 0.29) is 5.92 Å². The maximum Gasteiger partial charge on any atom is 0.434 e. The van der Waals surface area contributed by atoms with Crippen molar-refractivity contribution in [3.8, 4) is 0 Å². The van der Waals surface area contributed by atoms with Crippen LogP contribution in [-0.4, -0.2) is 15.7 Å². The third kappa shape index (κ3) is 2.60. The molecule has 78 valence electrons. The van der Waals surface area contributed by atoms with Gasteiger partial charge in [-0.2, -0.15) is 25.8 Å². The molecule has 0 aromatic carbocycles. The molecule has 1 unspecified atom stereocenters. The lowest BCUT2D eigenvalue weighted by molar-refractivity contribution is -0.141. The standard InChI is InChI=1S/C8H9F3N2S/c1-5(4-14)6-2-13-7(3-12-6)8(9,10)11/h2-3,5,14H,4H2,1H3. The lowest BCUT2D eigenvalue weighted by Crippen LogP contribution is -2.10. The molecule has 0 saturated heterocycles. The van der Waals surface area contributed by atoms with Gasteiger partial charge < -0.3 is 0 Å². The Hall–Kier alpha value is -0.780. The van der Waals surface area contributed by atoms with Crippen molar-refractivity contribution in [2.45, 2.75) is 19.0 Å². The van der Waals surface area contributed by atoms with Gasteiger partial charge in [-0.15, -0.1) is 0 Å². The molecule has 0 aliphatic heterocycles. The molecule has 0 spiro atoms. The fourth-order valence-corrected chi connectivity index (χ4v) is 1.02. The van der Waals surface area contributed by atoms with Crippen LogP contribution >= 0.6 is 12.6 Å². The minimum atomic E-state index is -4.42. The zero-order valence-electron chi connectivity index (χ0n) is 7.41. The quantitative estimate of drug-likeness (QED) is 0.778. The highest BCUT2D eigenvalue weighted by Gasteiger charge is 2.32. The van der Waals surface area contributed by atoms with Gasteiger partial charge in [0, 0.05) is 12.1 Å². The van der Waals surface area contributed by atoms with Crippen LogP contribution in [0.2, 0.25) is 0 Å². The Labute approximate surface area is 85.0 Å². The number of nitrogens with zero attached hydrogens (tertiary/aromatic N) is 2. The van der Waals surface area contributed by atoms with E-state index in [1.807, 2.05) is 6.92 Å². The van der Waals surface area contributed by atoms with Gasteiger partial charge >= 0.3 is 6.18 Å². The molecule has 0 N–H and O–H groups in total. The lowest BCUT2D eigenvalue weighted by atomic mass is 10.1. The molecule has 14 heavy (non-hydrogen) atoms. The molecule has 0 aliphatic carbocycles. The summed E-state index contributed by atoms with van der Waals surface area (Å²) >= 11 is 4.02. The summed E-state index contributed by atoms with van der Waals surface area (Å²) in [6.45, 7) is 1.82. The largest absolute Gasteiger partial charge is 0.434 e. The molecule has 0 radical (unpaired) electrons. The fraction of sp³-hybridized carbons (Fsp3) is 0.500. The molecule has 0 fully saturated rings. The number of aromatic nitrogens is 2. The van der Waals surface area contributed by atoms with Gasteiger partial charge in [-0.05, 0) is 5.75 Å². The third-order valence-electron chi connectivity index (χ3n) is 1.74. The van der Waals surface area contributed by atoms with E-state index < -0.39 is 11.9 Å². The van der Waals surface area contributed by atoms with Gasteiger partial charge in [0.15, 0.2) is 5.69 Å². The predicted molar refractivity (Wildman–Crippen MR) is 49.3 cm³/mol. The first-order valence-electron chi connectivity index (χ1n) is 3.95. The molecule has 6 heteroatoms. The van der Waals surface area contributed by atoms with Crippen LogP contribution in [0.15, 0.2) is 12.4 Å². The number of hydrogen-bond donors (Lipinski definition) is 1. The highest BCUT2D eigenvalue weighted by molar-refractivity contribution is 7.80. The van der Waals surface area contributed by atoms with Crippen LogP contribution in [0.1, 0.15) is 24.2 Å². The Bertz CT molecular complexity index is 296. The van der Waals surface area contributed by atoms with Gasteiger partial charge in [0.2, 0.25) is 0 Å². The van der Waals surface area contributed by atoms with Crippen LogP contribution in [0.3, 0.4) is 0 Å². The van der Waals surface area contributed by atoms with Crippen molar-refractivity contribution < 1.29 is 13.2 Å². The van der Waals surface area contributed by atoms with Crippen LogP contribution in [0.4, 0.5) is 13.2 Å². The van der Waals surface area contributed by atoms with E-state index in [0.29, 0.717) is 11.4 Å². The lowest BCUT2D eigenvalue weighted by Gasteiger charge is -2.08. The molecule has 0 amide bonds. The first-order valence-corrected chi connectivity index (χ1v) is 4.58. The Morgan fingerprint density at radius 3 is 2.36 bits per heavy atom. The van der Waals surface area contributed by atoms with E-state index in [4.69, 9.17) is 0 Å². The zero-order chi connectivity index (χ0) is 10.8. The summed E-state index contributed by atoms with van der Waals surface area (Å²) in [5.41, 5.74) is -0.444. The van der Waals surface area contributed by atoms with E-state index >= 15 is 0 Å². The van der Waals surface area contributed by atoms with E-state index in [2.05, 4.69) is 22.6 Å². The van der Waals surface area contributed by atoms with Crippen LogP contribution in [0.25, 0.3) is 0 Å². The normalized spacial score (nSPS) is 14.1. The van der Waals surface area contributed by atoms with E-state index in [9.17, 15) is 13.2 Å². The molecule has 1 aromatic heterocycles. The number of halogens is 3. The highest BCUT2D eigenvalue weighted by Crippen LogP contribution is 2.27. The zero-order valence-corrected chi connectivity index (χ0v) is 8.31. The van der Waals surface area contributed by atoms with Crippen molar-refractivity contribution in [1.82, 2.24) is 9.97 Å². The summed E-state index contributed by atoms with van der Waals surface area (Å²) in [6.07, 6.45) is -2.53. The van der Waals surface area contributed by atoms with Crippen molar-refractivity contribution in [2.75, 3.05) is 5.75 Å². The molecule has 0 bridgehead atoms. The summed E-state index contributed by atoms with van der Waals surface area (Å²) in [7, 11) is 0. The summed E-state index contributed by atoms with van der Waals surface area (Å²) < 4.78 is 36.3. The van der Waals surface area contributed by atoms with Crippen LogP contribution in [0.5, 0.6) is 0 Å². The highest BCUT2D eigenvalue weighted by atomic mass is 32.1. The molecule has 1 atom stereocenters. The predicted octanol–water partition coefficient (Wildman–Crippen LogP) is 2.53. The second kappa shape index (κ2) is 4.16. The van der Waals surface area contributed by atoms with Crippen LogP contribution in [0, 0.1) is 0 Å². The van der Waals surface area contributed by atoms with Gasteiger partial charge in [0.05, 0.1) is 11.9 Å². The minimum Gasteiger partial charge on any atom is -0.257 e. The van der Waals surface area contributed by atoms with Gasteiger partial charge in [-0.25, -0.2) is 4.98 Å². The molecule has 0 saturated carbocycles. The van der Waals surface area contributed by atoms with E-state index in [0.717, 1.165) is 12.4 Å². The average molecular weight is 222 g/mol. The van der Waals surface area contributed by atoms with Crippen LogP contribution < -0.4 is 0 Å². The van der Waals surface area contributed by atoms with Crippen molar-refractivity contribution in [1.29, 1.82) is 0 Å². The second-order valence-corrected chi connectivity index (χ2v) is 3.27. The third-order valence-corrected chi connectivity index (χ3v) is 2.29. The molecule has 0 aliphatic rings. The first-order chi connectivity index (χ1) is 6.45. The number of rotatable bonds is 2. The average Bonchev–Trinajstić information content (AvgIpc) is 2.15. The molecule has 1 aromatic rings. The van der Waals surface area contributed by atoms with Crippen molar-refractivity contribution in [2.24, 2.45) is 0 Å². The van der Waals surface area contributed by atoms with Crippen molar-refractivity contribution >= 4 is 12.6 Å². The SMILES string of the molecule is CC(CS)c1cnc(C(F)(F)F)cn1. The smallest absolute Gasteiger partial charge is 0.257 e. The monoisotopic (exact) mass is 222 g/mol. The molecule has 2 nitrogen and oxygen atoms in total. The Morgan fingerprint density at radius 1 is 1.36 bits per heavy atom. The molecule has 1 heterocycles. The van der Waals surface area contributed by atoms with Crippen molar-refractivity contribution in [3.05, 3.63) is 23.8 Å². The van der Waals surface area contributed by atoms with Crippen LogP contribution in [-0.2, 0) is 6.18 Å². The molecule has 1 rings (SSSR count). The van der Waals surface area contributed by atoms with E-state index in [1.165, 1.54) is 0 Å². The maximum atomic E-state index is 12.1. The summed E-state index contributed by atoms with van der Waals surface area (Å²) in [6, 6.07) is 0. The van der Waals surface area contributed by atoms with Gasteiger partial charge in [-0.1, -0.05) is 6.92 Å². The van der Waals surface area contributed by atoms with Crippen molar-refractivity contribution in [3.63, 3.8) is 0 Å². The Balaban J connectivity index is 2.89. The Kier molecular flexibility index (Phi) is 3.36. The topological polar surface area (TPSA) is 25.8 Å². The number of alkyl halides is 3. The second-order valence-electron chi connectivity index (χ2n) is 2.91. The summed E-state index contributed by atoms with van der Waals surface area (Å²) in [5.74, 6) is 0.535. The maximum absolute atomic E-state index is 12.1. The number of hydrogen-bond acceptors (Lipinski definition) is 3. The first kappa shape index (κ1) is 11.3. The fourth-order valence-electron chi connectivity index (χ4n) is 0.832.